The molecule has 2 aromatic heterocycles. The van der Waals surface area contributed by atoms with Gasteiger partial charge in [-0.1, -0.05) is 22.5 Å². The van der Waals surface area contributed by atoms with Gasteiger partial charge in [-0.15, -0.1) is 10.2 Å². The van der Waals surface area contributed by atoms with E-state index in [1.165, 1.54) is 0 Å². The first-order valence-electron chi connectivity index (χ1n) is 8.68. The molecule has 152 valence electrons. The molecule has 4 rings (SSSR count). The first-order chi connectivity index (χ1) is 14.6. The molecule has 2 amide bonds. The average Bonchev–Trinajstić information content (AvgIpc) is 3.41. The number of amides is 2. The molecule has 2 aromatic carbocycles. The number of carbonyl (C=O) groups is 1. The van der Waals surface area contributed by atoms with Gasteiger partial charge in [0.2, 0.25) is 5.82 Å². The average molecular weight is 412 g/mol. The highest BCUT2D eigenvalue weighted by Gasteiger charge is 2.17. The predicted octanol–water partition coefficient (Wildman–Crippen LogP) is 3.42. The molecular formula is C18H14F2N8O2. The minimum atomic E-state index is -2.83. The summed E-state index contributed by atoms with van der Waals surface area (Å²) in [5, 5.41) is 22.6. The van der Waals surface area contributed by atoms with Crippen LogP contribution in [0.3, 0.4) is 0 Å². The molecule has 0 aliphatic carbocycles. The minimum Gasteiger partial charge on any atom is -0.333 e. The number of alkyl halides is 2. The maximum Gasteiger partial charge on any atom is 0.323 e. The summed E-state index contributed by atoms with van der Waals surface area (Å²) in [7, 11) is 0. The van der Waals surface area contributed by atoms with Crippen molar-refractivity contribution in [1.82, 2.24) is 30.8 Å². The Morgan fingerprint density at radius 2 is 1.90 bits per heavy atom. The van der Waals surface area contributed by atoms with Crippen molar-refractivity contribution < 1.29 is 18.1 Å². The van der Waals surface area contributed by atoms with E-state index >= 15 is 0 Å². The molecule has 0 aliphatic heterocycles. The number of hydrogen-bond acceptors (Lipinski definition) is 7. The summed E-state index contributed by atoms with van der Waals surface area (Å²) in [5.41, 5.74) is 2.47. The highest BCUT2D eigenvalue weighted by molar-refractivity contribution is 5.99. The third-order valence-electron chi connectivity index (χ3n) is 3.97. The fraction of sp³-hybridized carbons (Fsp3) is 0.111. The largest absolute Gasteiger partial charge is 0.333 e. The lowest BCUT2D eigenvalue weighted by Gasteiger charge is -2.09. The van der Waals surface area contributed by atoms with Gasteiger partial charge in [-0.05, 0) is 42.0 Å². The van der Waals surface area contributed by atoms with Gasteiger partial charge in [-0.3, -0.25) is 0 Å². The Bertz CT molecular complexity index is 1130. The highest BCUT2D eigenvalue weighted by Crippen LogP contribution is 2.23. The normalized spacial score (nSPS) is 10.9. The number of nitrogens with zero attached hydrogens (tertiary/aromatic N) is 5. The molecule has 0 atom stereocenters. The molecule has 30 heavy (non-hydrogen) atoms. The second kappa shape index (κ2) is 8.43. The van der Waals surface area contributed by atoms with Crippen molar-refractivity contribution in [3.63, 3.8) is 0 Å². The van der Waals surface area contributed by atoms with Crippen molar-refractivity contribution in [2.24, 2.45) is 0 Å². The number of anilines is 2. The van der Waals surface area contributed by atoms with Crippen molar-refractivity contribution in [2.75, 3.05) is 10.6 Å². The number of nitrogens with one attached hydrogen (secondary N) is 3. The highest BCUT2D eigenvalue weighted by atomic mass is 19.3. The predicted molar refractivity (Wildman–Crippen MR) is 101 cm³/mol. The van der Waals surface area contributed by atoms with Gasteiger partial charge < -0.3 is 15.2 Å². The van der Waals surface area contributed by atoms with E-state index in [1.807, 2.05) is 6.07 Å². The van der Waals surface area contributed by atoms with Crippen LogP contribution in [0.15, 0.2) is 53.1 Å². The van der Waals surface area contributed by atoms with Crippen LogP contribution in [0.2, 0.25) is 0 Å². The number of aromatic amines is 1. The van der Waals surface area contributed by atoms with E-state index in [1.54, 1.807) is 42.5 Å². The number of urea groups is 1. The minimum absolute atomic E-state index is 0.0414. The van der Waals surface area contributed by atoms with Crippen LogP contribution in [0.25, 0.3) is 11.4 Å². The van der Waals surface area contributed by atoms with Crippen LogP contribution >= 0.6 is 0 Å². The maximum absolute atomic E-state index is 12.5. The third-order valence-corrected chi connectivity index (χ3v) is 3.97. The van der Waals surface area contributed by atoms with Gasteiger partial charge in [0, 0.05) is 23.4 Å². The van der Waals surface area contributed by atoms with E-state index in [9.17, 15) is 13.6 Å². The Morgan fingerprint density at radius 3 is 2.60 bits per heavy atom. The number of hydrogen-bond donors (Lipinski definition) is 3. The Kier molecular flexibility index (Phi) is 5.37. The molecule has 10 nitrogen and oxygen atoms in total. The smallest absolute Gasteiger partial charge is 0.323 e. The van der Waals surface area contributed by atoms with Crippen LogP contribution in [0.1, 0.15) is 23.7 Å². The summed E-state index contributed by atoms with van der Waals surface area (Å²) in [5.74, 6) is -0.160. The molecule has 12 heteroatoms. The summed E-state index contributed by atoms with van der Waals surface area (Å²) >= 11 is 0. The number of benzene rings is 2. The Morgan fingerprint density at radius 1 is 1.10 bits per heavy atom. The second-order valence-electron chi connectivity index (χ2n) is 6.12. The second-order valence-corrected chi connectivity index (χ2v) is 6.12. The number of halogens is 2. The molecular weight excluding hydrogens is 398 g/mol. The molecule has 2 heterocycles. The van der Waals surface area contributed by atoms with E-state index < -0.39 is 18.3 Å². The van der Waals surface area contributed by atoms with Crippen LogP contribution in [0, 0.1) is 0 Å². The van der Waals surface area contributed by atoms with Crippen LogP contribution in [-0.2, 0) is 6.42 Å². The zero-order chi connectivity index (χ0) is 20.9. The first-order valence-corrected chi connectivity index (χ1v) is 8.68. The molecule has 0 spiro atoms. The molecule has 0 bridgehead atoms. The molecule has 0 saturated carbocycles. The van der Waals surface area contributed by atoms with Crippen LogP contribution in [0.5, 0.6) is 0 Å². The standard InChI is InChI=1S/C18H14F2N8O2/c19-15(20)17-23-16(26-30-17)11-4-6-12(7-5-11)21-18(29)22-13-3-1-2-10(8-13)9-14-24-27-28-25-14/h1-8,15H,9H2,(H2,21,22,29)(H,24,25,27,28). The van der Waals surface area contributed by atoms with Crippen molar-refractivity contribution in [3.05, 3.63) is 65.8 Å². The van der Waals surface area contributed by atoms with Crippen molar-refractivity contribution in [2.45, 2.75) is 12.8 Å². The van der Waals surface area contributed by atoms with E-state index in [0.717, 1.165) is 5.56 Å². The number of rotatable bonds is 6. The number of H-pyrrole nitrogens is 1. The Balaban J connectivity index is 1.37. The van der Waals surface area contributed by atoms with Crippen LogP contribution < -0.4 is 10.6 Å². The molecule has 4 aromatic rings. The van der Waals surface area contributed by atoms with Crippen molar-refractivity contribution >= 4 is 17.4 Å². The quantitative estimate of drug-likeness (QED) is 0.442. The van der Waals surface area contributed by atoms with E-state index in [2.05, 4.69) is 45.9 Å². The summed E-state index contributed by atoms with van der Waals surface area (Å²) in [6, 6.07) is 13.2. The maximum atomic E-state index is 12.5. The summed E-state index contributed by atoms with van der Waals surface area (Å²) in [6.45, 7) is 0. The van der Waals surface area contributed by atoms with Gasteiger partial charge in [0.15, 0.2) is 5.82 Å². The zero-order valence-electron chi connectivity index (χ0n) is 15.2. The summed E-state index contributed by atoms with van der Waals surface area (Å²) < 4.78 is 29.6. The Hall–Kier alpha value is -4.22. The van der Waals surface area contributed by atoms with E-state index in [-0.39, 0.29) is 5.82 Å². The monoisotopic (exact) mass is 412 g/mol. The van der Waals surface area contributed by atoms with Gasteiger partial charge >= 0.3 is 12.5 Å². The van der Waals surface area contributed by atoms with E-state index in [0.29, 0.717) is 29.2 Å². The molecule has 3 N–H and O–H groups in total. The number of carbonyl (C=O) groups excluding carboxylic acids is 1. The van der Waals surface area contributed by atoms with Gasteiger partial charge in [0.05, 0.1) is 0 Å². The lowest BCUT2D eigenvalue weighted by atomic mass is 10.1. The lowest BCUT2D eigenvalue weighted by Crippen LogP contribution is -2.19. The fourth-order valence-electron chi connectivity index (χ4n) is 2.64. The first kappa shape index (κ1) is 19.1. The van der Waals surface area contributed by atoms with Crippen LogP contribution in [-0.4, -0.2) is 36.8 Å². The molecule has 0 aliphatic rings. The molecule has 0 radical (unpaired) electrons. The van der Waals surface area contributed by atoms with Gasteiger partial charge in [0.1, 0.15) is 0 Å². The van der Waals surface area contributed by atoms with Crippen molar-refractivity contribution in [3.8, 4) is 11.4 Å². The lowest BCUT2D eigenvalue weighted by molar-refractivity contribution is 0.106. The zero-order valence-corrected chi connectivity index (χ0v) is 15.2. The van der Waals surface area contributed by atoms with Gasteiger partial charge in [0.25, 0.3) is 5.89 Å². The third kappa shape index (κ3) is 4.60. The number of aromatic nitrogens is 6. The Labute approximate surface area is 167 Å². The topological polar surface area (TPSA) is 135 Å². The van der Waals surface area contributed by atoms with Crippen LogP contribution in [0.4, 0.5) is 25.0 Å². The number of tetrazole rings is 1. The molecule has 0 fully saturated rings. The fourth-order valence-corrected chi connectivity index (χ4v) is 2.64. The SMILES string of the molecule is O=C(Nc1ccc(-c2noc(C(F)F)n2)cc1)Nc1cccc(Cc2nn[nH]n2)c1. The van der Waals surface area contributed by atoms with Crippen molar-refractivity contribution in [1.29, 1.82) is 0 Å². The van der Waals surface area contributed by atoms with Gasteiger partial charge in [-0.2, -0.15) is 19.0 Å². The molecule has 0 unspecified atom stereocenters. The van der Waals surface area contributed by atoms with E-state index in [4.69, 9.17) is 0 Å². The van der Waals surface area contributed by atoms with Gasteiger partial charge in [-0.25, -0.2) is 4.79 Å². The molecule has 0 saturated heterocycles. The summed E-state index contributed by atoms with van der Waals surface area (Å²) in [6.07, 6.45) is -2.36. The summed E-state index contributed by atoms with van der Waals surface area (Å²) in [4.78, 5) is 15.9.